The van der Waals surface area contributed by atoms with Crippen molar-refractivity contribution in [3.8, 4) is 0 Å². The van der Waals surface area contributed by atoms with Crippen LogP contribution in [-0.2, 0) is 23.7 Å². The summed E-state index contributed by atoms with van der Waals surface area (Å²) in [5.74, 6) is 4.32. The fraction of sp³-hybridized carbons (Fsp3) is 0.583. The maximum Gasteiger partial charge on any atom is 0.338 e. The Morgan fingerprint density at radius 1 is 0.260 bits per heavy atom. The number of hydrogen-bond donors (Lipinski definition) is 0. The van der Waals surface area contributed by atoms with Gasteiger partial charge in [0.1, 0.15) is 65.8 Å². The van der Waals surface area contributed by atoms with Crippen LogP contribution in [0.15, 0.2) is 152 Å². The molecule has 104 heavy (non-hydrogen) atoms. The molecule has 1 unspecified atom stereocenters. The van der Waals surface area contributed by atoms with E-state index in [0.717, 1.165) is 121 Å². The van der Waals surface area contributed by atoms with Crippen LogP contribution in [0.2, 0.25) is 0 Å². The maximum atomic E-state index is 12.0. The molecule has 0 aromatic heterocycles. The van der Waals surface area contributed by atoms with E-state index in [1.54, 1.807) is 60.7 Å². The normalized spacial score (nSPS) is 11.0. The standard InChI is InChI=1S/C18H30NO2.2C17H28NO2.C15H24NO2.C12H18NO2.3CH3Br.2CH3Cl/c1-4-7-14-19(6-3,13-5-2)15-16-21-18(20)17-11-9-8-10-12-17;2*1-4-12-18(6-3,13-5-2)14-15-20-17(19)16-10-8-7-9-11-16;1-4-16(5-2,6-3)12-13-18-15(17)14-10-8-7-9-11-14;1-13(2,3)9-10-15-12(14)11-7-5-4-6-8-11;5*1-2/h8-12H,4-7,13-16H2,1-3H3;2*7-11H,4-6,12-15H2,1-3H3;7-11H,4-6,12-13H2,1-3H3;4-8H,9-10H2,1-3H3;5*1H3/q5*+1;;;;;. The van der Waals surface area contributed by atoms with Gasteiger partial charge >= 0.3 is 29.8 Å². The second kappa shape index (κ2) is 71.2. The third-order valence-electron chi connectivity index (χ3n) is 17.7. The lowest BCUT2D eigenvalue weighted by Crippen LogP contribution is -2.51. The predicted molar refractivity (Wildman–Crippen MR) is 454 cm³/mol. The molecule has 5 rings (SSSR count). The van der Waals surface area contributed by atoms with Crippen LogP contribution in [-0.4, -0.2) is 248 Å². The first-order chi connectivity index (χ1) is 50.2. The molecule has 0 spiro atoms. The van der Waals surface area contributed by atoms with E-state index in [1.165, 1.54) is 70.8 Å². The Labute approximate surface area is 669 Å². The molecular formula is C84H143Br3Cl2N5O10+5. The molecule has 5 aromatic carbocycles. The number of quaternary nitrogens is 5. The second-order valence-corrected chi connectivity index (χ2v) is 25.4. The van der Waals surface area contributed by atoms with Gasteiger partial charge in [0.05, 0.1) is 127 Å². The third kappa shape index (κ3) is 50.8. The molecule has 0 radical (unpaired) electrons. The third-order valence-corrected chi connectivity index (χ3v) is 17.7. The van der Waals surface area contributed by atoms with Gasteiger partial charge in [0.15, 0.2) is 0 Å². The van der Waals surface area contributed by atoms with Gasteiger partial charge in [0.2, 0.25) is 0 Å². The molecule has 15 nitrogen and oxygen atoms in total. The molecule has 0 bridgehead atoms. The first kappa shape index (κ1) is 108. The largest absolute Gasteiger partial charge is 0.456 e. The minimum absolute atomic E-state index is 0.211. The van der Waals surface area contributed by atoms with E-state index < -0.39 is 0 Å². The van der Waals surface area contributed by atoms with Crippen LogP contribution in [0.25, 0.3) is 0 Å². The number of alkyl halides is 5. The van der Waals surface area contributed by atoms with Crippen molar-refractivity contribution in [2.24, 2.45) is 0 Å². The summed E-state index contributed by atoms with van der Waals surface area (Å²) in [5.41, 5.74) is 3.14. The maximum absolute atomic E-state index is 12.0. The van der Waals surface area contributed by atoms with Crippen molar-refractivity contribution in [2.75, 3.05) is 196 Å². The van der Waals surface area contributed by atoms with E-state index in [4.69, 9.17) is 23.7 Å². The number of carbonyl (C=O) groups excluding carboxylic acids is 5. The number of hydrogen-bond acceptors (Lipinski definition) is 10. The van der Waals surface area contributed by atoms with Gasteiger partial charge in [0.25, 0.3) is 0 Å². The Balaban J connectivity index is -0.000000382. The Morgan fingerprint density at radius 2 is 0.433 bits per heavy atom. The second-order valence-electron chi connectivity index (χ2n) is 25.4. The summed E-state index contributed by atoms with van der Waals surface area (Å²) >= 11 is 18.1. The van der Waals surface area contributed by atoms with Crippen LogP contribution in [0.5, 0.6) is 0 Å². The Hall–Kier alpha value is -4.73. The monoisotopic (exact) mass is 1690 g/mol. The van der Waals surface area contributed by atoms with E-state index in [2.05, 4.69) is 175 Å². The summed E-state index contributed by atoms with van der Waals surface area (Å²) in [4.78, 5) is 59.0. The summed E-state index contributed by atoms with van der Waals surface area (Å²) in [6.45, 7) is 47.0. The zero-order valence-electron chi connectivity index (χ0n) is 68.1. The van der Waals surface area contributed by atoms with E-state index in [-0.39, 0.29) is 29.8 Å². The zero-order valence-corrected chi connectivity index (χ0v) is 74.4. The molecule has 0 saturated carbocycles. The molecule has 0 amide bonds. The molecule has 0 aliphatic heterocycles. The number of halogens is 5. The summed E-state index contributed by atoms with van der Waals surface area (Å²) in [6, 6.07) is 45.8. The number of carbonyl (C=O) groups is 5. The molecule has 594 valence electrons. The molecule has 0 aliphatic carbocycles. The van der Waals surface area contributed by atoms with Crippen molar-refractivity contribution < 1.29 is 70.1 Å². The number of likely N-dealkylation sites (N-methyl/N-ethyl adjacent to an activating group) is 5. The molecule has 0 aliphatic rings. The van der Waals surface area contributed by atoms with Gasteiger partial charge in [-0.2, -0.15) is 0 Å². The number of unbranched alkanes of at least 4 members (excludes halogenated alkanes) is 1. The minimum atomic E-state index is -0.246. The number of rotatable bonds is 39. The van der Waals surface area contributed by atoms with Crippen molar-refractivity contribution in [1.29, 1.82) is 0 Å². The fourth-order valence-electron chi connectivity index (χ4n) is 11.5. The van der Waals surface area contributed by atoms with Crippen molar-refractivity contribution in [2.45, 2.75) is 128 Å². The van der Waals surface area contributed by atoms with Gasteiger partial charge in [-0.1, -0.05) is 187 Å². The highest BCUT2D eigenvalue weighted by atomic mass is 79.9. The summed E-state index contributed by atoms with van der Waals surface area (Å²) in [7, 11) is 6.20. The number of esters is 5. The number of nitrogens with zero attached hydrogens (tertiary/aromatic N) is 5. The summed E-state index contributed by atoms with van der Waals surface area (Å²) in [5, 5.41) is 0. The Bertz CT molecular complexity index is 2660. The topological polar surface area (TPSA) is 132 Å². The first-order valence-corrected chi connectivity index (χ1v) is 43.7. The lowest BCUT2D eigenvalue weighted by molar-refractivity contribution is -0.926. The smallest absolute Gasteiger partial charge is 0.338 e. The fourth-order valence-corrected chi connectivity index (χ4v) is 11.5. The zero-order chi connectivity index (χ0) is 80.0. The molecule has 20 heteroatoms. The van der Waals surface area contributed by atoms with Gasteiger partial charge < -0.3 is 46.1 Å². The average molecular weight is 1690 g/mol. The van der Waals surface area contributed by atoms with Gasteiger partial charge in [-0.15, -0.1) is 23.2 Å². The van der Waals surface area contributed by atoms with E-state index in [1.807, 2.05) is 108 Å². The SMILES string of the molecule is CBr.CBr.CBr.CCCC[N+](CC)(CCC)CCOC(=O)c1ccccc1.CCC[N+](CC)(CCC)CCOC(=O)c1ccccc1.CCC[N+](CC)(CCC)CCOC(=O)c1ccccc1.CC[N+](CC)(CC)CCOC(=O)c1ccccc1.CCl.CCl.C[N+](C)(C)CCOC(=O)c1ccccc1. The highest BCUT2D eigenvalue weighted by Crippen LogP contribution is 2.15. The van der Waals surface area contributed by atoms with Crippen LogP contribution >= 0.6 is 71.0 Å². The van der Waals surface area contributed by atoms with Gasteiger partial charge in [-0.3, -0.25) is 0 Å². The van der Waals surface area contributed by atoms with Crippen LogP contribution < -0.4 is 0 Å². The van der Waals surface area contributed by atoms with Crippen molar-refractivity contribution >= 4 is 101 Å². The molecule has 0 heterocycles. The molecule has 0 saturated heterocycles. The Morgan fingerprint density at radius 3 is 0.596 bits per heavy atom. The molecular weight excluding hydrogens is 1550 g/mol. The van der Waals surface area contributed by atoms with Crippen molar-refractivity contribution in [3.05, 3.63) is 179 Å². The van der Waals surface area contributed by atoms with Gasteiger partial charge in [-0.25, -0.2) is 24.0 Å². The van der Waals surface area contributed by atoms with Gasteiger partial charge in [-0.05, 0) is 158 Å². The average Bonchev–Trinajstić information content (AvgIpc) is 0.894. The number of ether oxygens (including phenoxy) is 5. The lowest BCUT2D eigenvalue weighted by atomic mass is 10.2. The first-order valence-electron chi connectivity index (χ1n) is 37.4. The van der Waals surface area contributed by atoms with Crippen molar-refractivity contribution in [1.82, 2.24) is 0 Å². The predicted octanol–water partition coefficient (Wildman–Crippen LogP) is 19.9. The molecule has 5 aromatic rings. The highest BCUT2D eigenvalue weighted by molar-refractivity contribution is 9.09. The van der Waals surface area contributed by atoms with Crippen LogP contribution in [0.1, 0.15) is 180 Å². The minimum Gasteiger partial charge on any atom is -0.456 e. The quantitative estimate of drug-likeness (QED) is 0.0162. The molecule has 0 fully saturated rings. The van der Waals surface area contributed by atoms with Crippen LogP contribution in [0.4, 0.5) is 0 Å². The Kier molecular flexibility index (Phi) is 73.9. The van der Waals surface area contributed by atoms with Gasteiger partial charge in [0, 0.05) is 12.8 Å². The van der Waals surface area contributed by atoms with E-state index in [0.29, 0.717) is 60.9 Å². The van der Waals surface area contributed by atoms with Crippen LogP contribution in [0.3, 0.4) is 0 Å². The lowest BCUT2D eigenvalue weighted by Gasteiger charge is -2.37. The van der Waals surface area contributed by atoms with Crippen LogP contribution in [0, 0.1) is 0 Å². The van der Waals surface area contributed by atoms with E-state index in [9.17, 15) is 24.0 Å². The highest BCUT2D eigenvalue weighted by Gasteiger charge is 2.27. The van der Waals surface area contributed by atoms with Crippen molar-refractivity contribution in [3.63, 3.8) is 0 Å². The summed E-state index contributed by atoms with van der Waals surface area (Å²) in [6.07, 6.45) is 11.2. The summed E-state index contributed by atoms with van der Waals surface area (Å²) < 4.78 is 31.7. The number of benzene rings is 5. The molecule has 1 atom stereocenters. The van der Waals surface area contributed by atoms with E-state index >= 15 is 0 Å². The molecule has 0 N–H and O–H groups in total.